The number of nitrogens with zero attached hydrogens (tertiary/aromatic N) is 1. The molecule has 19 heavy (non-hydrogen) atoms. The van der Waals surface area contributed by atoms with Crippen molar-refractivity contribution >= 4 is 16.7 Å². The van der Waals surface area contributed by atoms with Gasteiger partial charge in [-0.05, 0) is 41.8 Å². The van der Waals surface area contributed by atoms with Crippen LogP contribution in [0.5, 0.6) is 0 Å². The van der Waals surface area contributed by atoms with Crippen molar-refractivity contribution in [2.24, 2.45) is 0 Å². The van der Waals surface area contributed by atoms with Crippen LogP contribution in [0.3, 0.4) is 0 Å². The lowest BCUT2D eigenvalue weighted by atomic mass is 10.1. The van der Waals surface area contributed by atoms with Crippen LogP contribution in [0.25, 0.3) is 11.0 Å². The fourth-order valence-corrected chi connectivity index (χ4v) is 2.31. The summed E-state index contributed by atoms with van der Waals surface area (Å²) in [6.07, 6.45) is 1.82. The second-order valence-corrected chi connectivity index (χ2v) is 4.81. The molecule has 0 amide bonds. The van der Waals surface area contributed by atoms with E-state index in [1.54, 1.807) is 0 Å². The highest BCUT2D eigenvalue weighted by molar-refractivity contribution is 5.76. The molecule has 3 aromatic rings. The van der Waals surface area contributed by atoms with Crippen molar-refractivity contribution in [2.75, 3.05) is 5.73 Å². The lowest BCUT2D eigenvalue weighted by molar-refractivity contribution is 1.04. The molecule has 0 fully saturated rings. The zero-order valence-corrected chi connectivity index (χ0v) is 11.0. The van der Waals surface area contributed by atoms with E-state index in [9.17, 15) is 0 Å². The number of aromatic amines is 1. The Morgan fingerprint density at radius 1 is 1.11 bits per heavy atom. The zero-order valence-electron chi connectivity index (χ0n) is 11.0. The van der Waals surface area contributed by atoms with Crippen molar-refractivity contribution in [1.82, 2.24) is 9.97 Å². The van der Waals surface area contributed by atoms with Crippen LogP contribution in [0.4, 0.5) is 5.69 Å². The molecule has 3 nitrogen and oxygen atoms in total. The minimum atomic E-state index is 0.779. The average Bonchev–Trinajstić information content (AvgIpc) is 2.79. The van der Waals surface area contributed by atoms with Crippen LogP contribution >= 0.6 is 0 Å². The van der Waals surface area contributed by atoms with E-state index in [4.69, 9.17) is 5.73 Å². The Morgan fingerprint density at radius 2 is 2.00 bits per heavy atom. The maximum absolute atomic E-state index is 5.79. The highest BCUT2D eigenvalue weighted by atomic mass is 14.9. The Labute approximate surface area is 112 Å². The first-order valence-electron chi connectivity index (χ1n) is 6.56. The van der Waals surface area contributed by atoms with Gasteiger partial charge in [0.25, 0.3) is 0 Å². The van der Waals surface area contributed by atoms with Gasteiger partial charge in [-0.15, -0.1) is 0 Å². The predicted molar refractivity (Wildman–Crippen MR) is 79.1 cm³/mol. The summed E-state index contributed by atoms with van der Waals surface area (Å²) in [4.78, 5) is 8.00. The first kappa shape index (κ1) is 11.8. The second-order valence-electron chi connectivity index (χ2n) is 4.81. The number of nitrogen functional groups attached to an aromatic ring is 1. The molecule has 0 aliphatic rings. The Morgan fingerprint density at radius 3 is 2.79 bits per heavy atom. The van der Waals surface area contributed by atoms with Crippen LogP contribution in [0.15, 0.2) is 42.5 Å². The molecule has 2 aromatic carbocycles. The number of aryl methyl sites for hydroxylation is 1. The molecule has 0 aliphatic heterocycles. The number of anilines is 1. The van der Waals surface area contributed by atoms with Crippen LogP contribution in [0.1, 0.15) is 23.9 Å². The molecule has 1 heterocycles. The summed E-state index contributed by atoms with van der Waals surface area (Å²) >= 11 is 0. The topological polar surface area (TPSA) is 54.7 Å². The van der Waals surface area contributed by atoms with E-state index in [0.717, 1.165) is 35.4 Å². The number of aromatic nitrogens is 2. The molecule has 96 valence electrons. The number of H-pyrrole nitrogens is 1. The van der Waals surface area contributed by atoms with Gasteiger partial charge in [0.15, 0.2) is 0 Å². The van der Waals surface area contributed by atoms with Gasteiger partial charge in [0, 0.05) is 12.1 Å². The highest BCUT2D eigenvalue weighted by Gasteiger charge is 2.04. The molecule has 0 saturated carbocycles. The molecular weight excluding hydrogens is 234 g/mol. The molecule has 0 atom stereocenters. The smallest absolute Gasteiger partial charge is 0.111 e. The van der Waals surface area contributed by atoms with Crippen molar-refractivity contribution in [1.29, 1.82) is 0 Å². The van der Waals surface area contributed by atoms with E-state index in [1.807, 2.05) is 18.2 Å². The Hall–Kier alpha value is -2.29. The predicted octanol–water partition coefficient (Wildman–Crippen LogP) is 3.30. The molecule has 0 aliphatic carbocycles. The first-order chi connectivity index (χ1) is 9.24. The quantitative estimate of drug-likeness (QED) is 0.702. The Kier molecular flexibility index (Phi) is 2.95. The lowest BCUT2D eigenvalue weighted by Gasteiger charge is -1.99. The number of rotatable bonds is 3. The van der Waals surface area contributed by atoms with Crippen LogP contribution < -0.4 is 5.73 Å². The summed E-state index contributed by atoms with van der Waals surface area (Å²) < 4.78 is 0. The molecule has 0 radical (unpaired) electrons. The first-order valence-corrected chi connectivity index (χ1v) is 6.56. The number of hydrogen-bond acceptors (Lipinski definition) is 2. The molecule has 1 aromatic heterocycles. The SMILES string of the molecule is CCc1ccc2nc(Cc3cccc(N)c3)[nH]c2c1. The number of nitrogens with two attached hydrogens (primary N) is 1. The van der Waals surface area contributed by atoms with E-state index < -0.39 is 0 Å². The minimum Gasteiger partial charge on any atom is -0.399 e. The van der Waals surface area contributed by atoms with E-state index in [2.05, 4.69) is 41.2 Å². The van der Waals surface area contributed by atoms with Gasteiger partial charge in [0.05, 0.1) is 11.0 Å². The summed E-state index contributed by atoms with van der Waals surface area (Å²) in [5, 5.41) is 0. The van der Waals surface area contributed by atoms with Gasteiger partial charge in [-0.2, -0.15) is 0 Å². The molecule has 0 spiro atoms. The number of hydrogen-bond donors (Lipinski definition) is 2. The van der Waals surface area contributed by atoms with Gasteiger partial charge in [0.1, 0.15) is 5.82 Å². The normalized spacial score (nSPS) is 11.0. The lowest BCUT2D eigenvalue weighted by Crippen LogP contribution is -1.92. The fourth-order valence-electron chi connectivity index (χ4n) is 2.31. The van der Waals surface area contributed by atoms with Crippen molar-refractivity contribution < 1.29 is 0 Å². The highest BCUT2D eigenvalue weighted by Crippen LogP contribution is 2.17. The van der Waals surface area contributed by atoms with Crippen LogP contribution in [0.2, 0.25) is 0 Å². The van der Waals surface area contributed by atoms with Crippen molar-refractivity contribution in [3.8, 4) is 0 Å². The third-order valence-corrected chi connectivity index (χ3v) is 3.33. The number of nitrogens with one attached hydrogen (secondary N) is 1. The van der Waals surface area contributed by atoms with Gasteiger partial charge in [-0.25, -0.2) is 4.98 Å². The van der Waals surface area contributed by atoms with Gasteiger partial charge < -0.3 is 10.7 Å². The zero-order chi connectivity index (χ0) is 13.2. The average molecular weight is 251 g/mol. The standard InChI is InChI=1S/C16H17N3/c1-2-11-6-7-14-15(9-11)19-16(18-14)10-12-4-3-5-13(17)8-12/h3-9H,2,10,17H2,1H3,(H,18,19). The van der Waals surface area contributed by atoms with Crippen LogP contribution in [-0.4, -0.2) is 9.97 Å². The second kappa shape index (κ2) is 4.76. The third-order valence-electron chi connectivity index (χ3n) is 3.33. The summed E-state index contributed by atoms with van der Waals surface area (Å²) in [7, 11) is 0. The minimum absolute atomic E-state index is 0.779. The van der Waals surface area contributed by atoms with Crippen LogP contribution in [0, 0.1) is 0 Å². The maximum Gasteiger partial charge on any atom is 0.111 e. The molecule has 3 heteroatoms. The molecule has 3 N–H and O–H groups in total. The summed E-state index contributed by atoms with van der Waals surface area (Å²) in [6, 6.07) is 14.3. The van der Waals surface area contributed by atoms with E-state index in [0.29, 0.717) is 0 Å². The Bertz CT molecular complexity index is 713. The monoisotopic (exact) mass is 251 g/mol. The Balaban J connectivity index is 1.93. The summed E-state index contributed by atoms with van der Waals surface area (Å²) in [5.74, 6) is 0.980. The van der Waals surface area contributed by atoms with Crippen molar-refractivity contribution in [3.05, 3.63) is 59.4 Å². The number of fused-ring (bicyclic) bond motifs is 1. The van der Waals surface area contributed by atoms with Gasteiger partial charge in [0.2, 0.25) is 0 Å². The largest absolute Gasteiger partial charge is 0.399 e. The molecule has 0 saturated heterocycles. The number of imidazole rings is 1. The van der Waals surface area contributed by atoms with Crippen molar-refractivity contribution in [3.63, 3.8) is 0 Å². The third kappa shape index (κ3) is 2.45. The molecule has 3 rings (SSSR count). The molecular formula is C16H17N3. The van der Waals surface area contributed by atoms with Gasteiger partial charge >= 0.3 is 0 Å². The van der Waals surface area contributed by atoms with Crippen molar-refractivity contribution in [2.45, 2.75) is 19.8 Å². The molecule has 0 unspecified atom stereocenters. The molecule has 0 bridgehead atoms. The van der Waals surface area contributed by atoms with E-state index in [-0.39, 0.29) is 0 Å². The summed E-state index contributed by atoms with van der Waals surface area (Å²) in [5.41, 5.74) is 11.2. The van der Waals surface area contributed by atoms with Gasteiger partial charge in [-0.3, -0.25) is 0 Å². The summed E-state index contributed by atoms with van der Waals surface area (Å²) in [6.45, 7) is 2.16. The van der Waals surface area contributed by atoms with E-state index in [1.165, 1.54) is 11.1 Å². The number of benzene rings is 2. The maximum atomic E-state index is 5.79. The van der Waals surface area contributed by atoms with Gasteiger partial charge in [-0.1, -0.05) is 25.1 Å². The fraction of sp³-hybridized carbons (Fsp3) is 0.188. The van der Waals surface area contributed by atoms with E-state index >= 15 is 0 Å². The van der Waals surface area contributed by atoms with Crippen LogP contribution in [-0.2, 0) is 12.8 Å².